The zero-order chi connectivity index (χ0) is 42.1. The van der Waals surface area contributed by atoms with Gasteiger partial charge in [0.2, 0.25) is 0 Å². The molecule has 6 aromatic rings. The summed E-state index contributed by atoms with van der Waals surface area (Å²) in [6.45, 7) is 3.09. The molecule has 0 saturated heterocycles. The summed E-state index contributed by atoms with van der Waals surface area (Å²) in [7, 11) is 0. The second-order valence-electron chi connectivity index (χ2n) is 12.2. The van der Waals surface area contributed by atoms with Gasteiger partial charge in [-0.2, -0.15) is 0 Å². The van der Waals surface area contributed by atoms with E-state index in [1.54, 1.807) is 6.92 Å². The molecule has 2 heterocycles. The molecular weight excluding hydrogens is 794 g/mol. The van der Waals surface area contributed by atoms with Crippen molar-refractivity contribution in [3.8, 4) is 23.0 Å². The first-order chi connectivity index (χ1) is 26.5. The molecule has 298 valence electrons. The van der Waals surface area contributed by atoms with E-state index in [1.165, 1.54) is 58.5 Å². The van der Waals surface area contributed by atoms with E-state index in [9.17, 15) is 60.8 Å². The van der Waals surface area contributed by atoms with Crippen LogP contribution in [0.25, 0.3) is 21.8 Å². The lowest BCUT2D eigenvalue weighted by Gasteiger charge is -2.10. The number of aliphatic carboxylic acids is 2. The zero-order valence-electron chi connectivity index (χ0n) is 29.2. The second kappa shape index (κ2) is 15.8. The van der Waals surface area contributed by atoms with Crippen LogP contribution in [0.4, 0.5) is 26.3 Å². The van der Waals surface area contributed by atoms with Crippen LogP contribution in [0, 0.1) is 13.8 Å². The number of rotatable bonds is 8. The van der Waals surface area contributed by atoms with Crippen molar-refractivity contribution in [1.82, 2.24) is 9.13 Å². The molecule has 0 aliphatic carbocycles. The van der Waals surface area contributed by atoms with Gasteiger partial charge in [0, 0.05) is 33.3 Å². The smallest absolute Gasteiger partial charge is 0.508 e. The van der Waals surface area contributed by atoms with Gasteiger partial charge in [-0.1, -0.05) is 11.6 Å². The molecule has 19 heteroatoms. The fourth-order valence-electron chi connectivity index (χ4n) is 6.09. The normalized spacial score (nSPS) is 11.6. The van der Waals surface area contributed by atoms with E-state index in [0.29, 0.717) is 38.8 Å². The quantitative estimate of drug-likeness (QED) is 0.109. The Balaban J connectivity index is 0.000000218. The van der Waals surface area contributed by atoms with Crippen molar-refractivity contribution in [3.05, 3.63) is 118 Å². The van der Waals surface area contributed by atoms with Gasteiger partial charge in [-0.15, -0.1) is 26.3 Å². The number of carbonyl (C=O) groups excluding carboxylic acids is 2. The Morgan fingerprint density at radius 2 is 1.02 bits per heavy atom. The molecule has 0 radical (unpaired) electrons. The summed E-state index contributed by atoms with van der Waals surface area (Å²) in [6.07, 6.45) is -10.5. The number of fused-ring (bicyclic) bond motifs is 2. The summed E-state index contributed by atoms with van der Waals surface area (Å²) >= 11 is 5.95. The highest BCUT2D eigenvalue weighted by Crippen LogP contribution is 2.36. The molecule has 0 spiro atoms. The standard InChI is InChI=1S/C19H13ClF3NO5.C19H14F3NO5/c1-9-12(7-17(26)27)13-6-16(25)14(20)8-15(13)24(9)18(28)10-2-4-11(5-3-10)29-19(21,22)23;1-10-14(9-17(25)26)15-8-12(24)4-7-16(15)23(10)18(27)11-2-5-13(6-3-11)28-19(20,21)22/h2-6,8,25H,7H2,1H3,(H,26,27);2-8,24H,9H2,1H3,(H,25,26). The van der Waals surface area contributed by atoms with Gasteiger partial charge in [0.15, 0.2) is 0 Å². The van der Waals surface area contributed by atoms with Crippen molar-refractivity contribution < 1.29 is 75.4 Å². The van der Waals surface area contributed by atoms with Crippen LogP contribution in [-0.4, -0.2) is 66.0 Å². The molecule has 0 unspecified atom stereocenters. The first-order valence-electron chi connectivity index (χ1n) is 16.1. The number of benzene rings is 4. The molecule has 0 fully saturated rings. The third-order valence-electron chi connectivity index (χ3n) is 8.45. The summed E-state index contributed by atoms with van der Waals surface area (Å²) < 4.78 is 83.7. The van der Waals surface area contributed by atoms with Crippen LogP contribution in [0.2, 0.25) is 5.02 Å². The Kier molecular flexibility index (Phi) is 11.5. The Morgan fingerprint density at radius 1 is 0.614 bits per heavy atom. The maximum Gasteiger partial charge on any atom is 0.573 e. The number of alkyl halides is 6. The van der Waals surface area contributed by atoms with Gasteiger partial charge in [0.05, 0.1) is 28.9 Å². The fourth-order valence-corrected chi connectivity index (χ4v) is 6.25. The maximum atomic E-state index is 13.0. The van der Waals surface area contributed by atoms with E-state index in [-0.39, 0.29) is 39.6 Å². The molecule has 2 aromatic heterocycles. The molecule has 4 N–H and O–H groups in total. The van der Waals surface area contributed by atoms with Gasteiger partial charge in [0.1, 0.15) is 23.0 Å². The first-order valence-corrected chi connectivity index (χ1v) is 16.5. The highest BCUT2D eigenvalue weighted by atomic mass is 35.5. The molecule has 0 amide bonds. The second-order valence-corrected chi connectivity index (χ2v) is 12.6. The molecule has 0 saturated carbocycles. The van der Waals surface area contributed by atoms with Crippen LogP contribution in [0.15, 0.2) is 78.9 Å². The summed E-state index contributed by atoms with van der Waals surface area (Å²) in [5.41, 5.74) is 2.13. The fraction of sp³-hybridized carbons (Fsp3) is 0.158. The number of halogens is 7. The maximum absolute atomic E-state index is 13.0. The van der Waals surface area contributed by atoms with Gasteiger partial charge in [0.25, 0.3) is 11.8 Å². The van der Waals surface area contributed by atoms with Crippen molar-refractivity contribution in [2.45, 2.75) is 39.4 Å². The average Bonchev–Trinajstić information content (AvgIpc) is 3.51. The van der Waals surface area contributed by atoms with E-state index in [1.807, 2.05) is 0 Å². The predicted molar refractivity (Wildman–Crippen MR) is 190 cm³/mol. The number of ether oxygens (including phenoxy) is 2. The molecule has 4 aromatic carbocycles. The molecule has 6 rings (SSSR count). The molecule has 0 bridgehead atoms. The van der Waals surface area contributed by atoms with Crippen LogP contribution in [0.1, 0.15) is 43.2 Å². The van der Waals surface area contributed by atoms with E-state index < -0.39 is 54.4 Å². The number of hydrogen-bond donors (Lipinski definition) is 4. The lowest BCUT2D eigenvalue weighted by molar-refractivity contribution is -0.275. The van der Waals surface area contributed by atoms with Crippen LogP contribution in [0.5, 0.6) is 23.0 Å². The largest absolute Gasteiger partial charge is 0.573 e. The molecular formula is C38H27ClF6N2O10. The van der Waals surface area contributed by atoms with Crippen LogP contribution >= 0.6 is 11.6 Å². The number of carboxylic acids is 2. The van der Waals surface area contributed by atoms with Crippen molar-refractivity contribution >= 4 is 57.2 Å². The predicted octanol–water partition coefficient (Wildman–Crippen LogP) is 8.39. The lowest BCUT2D eigenvalue weighted by Crippen LogP contribution is -2.17. The minimum Gasteiger partial charge on any atom is -0.508 e. The zero-order valence-corrected chi connectivity index (χ0v) is 30.0. The van der Waals surface area contributed by atoms with E-state index in [0.717, 1.165) is 36.4 Å². The molecule has 57 heavy (non-hydrogen) atoms. The molecule has 12 nitrogen and oxygen atoms in total. The number of nitrogens with zero attached hydrogens (tertiary/aromatic N) is 2. The summed E-state index contributed by atoms with van der Waals surface area (Å²) in [5.74, 6) is -4.71. The van der Waals surface area contributed by atoms with Crippen molar-refractivity contribution in [1.29, 1.82) is 0 Å². The number of phenolic OH excluding ortho intramolecular Hbond substituents is 2. The summed E-state index contributed by atoms with van der Waals surface area (Å²) in [4.78, 5) is 48.4. The molecule has 0 aliphatic heterocycles. The Morgan fingerprint density at radius 3 is 1.42 bits per heavy atom. The van der Waals surface area contributed by atoms with Crippen LogP contribution in [-0.2, 0) is 22.4 Å². The van der Waals surface area contributed by atoms with Crippen molar-refractivity contribution in [2.75, 3.05) is 0 Å². The summed E-state index contributed by atoms with van der Waals surface area (Å²) in [6, 6.07) is 15.5. The third-order valence-corrected chi connectivity index (χ3v) is 8.76. The minimum absolute atomic E-state index is 0.0418. The summed E-state index contributed by atoms with van der Waals surface area (Å²) in [5, 5.41) is 38.6. The Hall–Kier alpha value is -6.69. The van der Waals surface area contributed by atoms with Gasteiger partial charge in [-0.3, -0.25) is 28.3 Å². The van der Waals surface area contributed by atoms with Gasteiger partial charge in [-0.05, 0) is 104 Å². The van der Waals surface area contributed by atoms with Crippen LogP contribution < -0.4 is 9.47 Å². The number of aromatic nitrogens is 2. The average molecular weight is 821 g/mol. The van der Waals surface area contributed by atoms with E-state index in [4.69, 9.17) is 16.7 Å². The third kappa shape index (κ3) is 9.41. The number of phenols is 2. The molecule has 0 aliphatic rings. The number of aromatic hydroxyl groups is 2. The van der Waals surface area contributed by atoms with Crippen molar-refractivity contribution in [3.63, 3.8) is 0 Å². The number of carbonyl (C=O) groups is 4. The number of carboxylic acid groups (broad SMARTS) is 2. The van der Waals surface area contributed by atoms with Crippen LogP contribution in [0.3, 0.4) is 0 Å². The van der Waals surface area contributed by atoms with Gasteiger partial charge in [-0.25, -0.2) is 0 Å². The van der Waals surface area contributed by atoms with E-state index in [2.05, 4.69) is 9.47 Å². The highest BCUT2D eigenvalue weighted by molar-refractivity contribution is 6.33. The van der Waals surface area contributed by atoms with Gasteiger partial charge < -0.3 is 29.9 Å². The lowest BCUT2D eigenvalue weighted by atomic mass is 10.1. The highest BCUT2D eigenvalue weighted by Gasteiger charge is 2.32. The van der Waals surface area contributed by atoms with Crippen molar-refractivity contribution in [2.24, 2.45) is 0 Å². The van der Waals surface area contributed by atoms with E-state index >= 15 is 0 Å². The Labute approximate surface area is 321 Å². The monoisotopic (exact) mass is 820 g/mol. The number of hydrogen-bond acceptors (Lipinski definition) is 8. The minimum atomic E-state index is -4.86. The SMILES string of the molecule is Cc1c(CC(=O)O)c2cc(O)c(Cl)cc2n1C(=O)c1ccc(OC(F)(F)F)cc1.Cc1c(CC(=O)O)c2cc(O)ccc2n1C(=O)c1ccc(OC(F)(F)F)cc1. The topological polar surface area (TPSA) is 178 Å². The molecule has 0 atom stereocenters. The van der Waals surface area contributed by atoms with Gasteiger partial charge >= 0.3 is 24.7 Å². The first kappa shape index (κ1) is 41.5. The Bertz CT molecular complexity index is 2540.